The quantitative estimate of drug-likeness (QED) is 0.785. The summed E-state index contributed by atoms with van der Waals surface area (Å²) in [5, 5.41) is 0. The van der Waals surface area contributed by atoms with E-state index in [4.69, 9.17) is 9.47 Å². The molecular weight excluding hydrogens is 220 g/mol. The van der Waals surface area contributed by atoms with Crippen molar-refractivity contribution in [2.75, 3.05) is 21.3 Å². The van der Waals surface area contributed by atoms with E-state index in [1.807, 2.05) is 0 Å². The van der Waals surface area contributed by atoms with E-state index >= 15 is 0 Å². The Morgan fingerprint density at radius 3 is 1.94 bits per heavy atom. The molecule has 0 aliphatic rings. The third kappa shape index (κ3) is 2.40. The van der Waals surface area contributed by atoms with Crippen LogP contribution in [0.4, 0.5) is 8.78 Å². The van der Waals surface area contributed by atoms with Gasteiger partial charge in [0, 0.05) is 6.07 Å². The van der Waals surface area contributed by atoms with Gasteiger partial charge in [0.1, 0.15) is 0 Å². The zero-order valence-electron chi connectivity index (χ0n) is 9.27. The van der Waals surface area contributed by atoms with Crippen LogP contribution in [-0.2, 0) is 11.4 Å². The Labute approximate surface area is 92.1 Å². The summed E-state index contributed by atoms with van der Waals surface area (Å²) < 4.78 is 36.4. The van der Waals surface area contributed by atoms with Crippen LogP contribution in [0.5, 0.6) is 11.5 Å². The Hall–Kier alpha value is -1.40. The van der Waals surface area contributed by atoms with Gasteiger partial charge in [-0.2, -0.15) is 5.48 Å². The third-order valence-electron chi connectivity index (χ3n) is 2.04. The van der Waals surface area contributed by atoms with Gasteiger partial charge in [-0.25, -0.2) is 8.78 Å². The maximum absolute atomic E-state index is 13.4. The summed E-state index contributed by atoms with van der Waals surface area (Å²) in [4.78, 5) is 4.62. The standard InChI is InChI=1S/C10H13F2NO3/c1-14-9-6(5-13-16-3)10(15-2)8(12)4-7(9)11/h4,13H,5H2,1-3H3. The average molecular weight is 233 g/mol. The van der Waals surface area contributed by atoms with Crippen LogP contribution in [0.25, 0.3) is 0 Å². The fraction of sp³-hybridized carbons (Fsp3) is 0.400. The van der Waals surface area contributed by atoms with Gasteiger partial charge in [-0.3, -0.25) is 0 Å². The van der Waals surface area contributed by atoms with E-state index in [2.05, 4.69) is 10.3 Å². The number of methoxy groups -OCH3 is 2. The molecule has 1 aromatic rings. The highest BCUT2D eigenvalue weighted by Crippen LogP contribution is 2.33. The minimum absolute atomic E-state index is 0.0669. The highest BCUT2D eigenvalue weighted by Gasteiger charge is 2.19. The van der Waals surface area contributed by atoms with Gasteiger partial charge in [-0.15, -0.1) is 0 Å². The van der Waals surface area contributed by atoms with Crippen LogP contribution in [0.1, 0.15) is 5.56 Å². The Balaban J connectivity index is 3.25. The fourth-order valence-corrected chi connectivity index (χ4v) is 1.38. The molecule has 1 N–H and O–H groups in total. The number of hydroxylamine groups is 1. The van der Waals surface area contributed by atoms with Crippen molar-refractivity contribution < 1.29 is 23.1 Å². The van der Waals surface area contributed by atoms with Crippen LogP contribution in [0, 0.1) is 11.6 Å². The first-order valence-corrected chi connectivity index (χ1v) is 4.50. The zero-order valence-corrected chi connectivity index (χ0v) is 9.27. The molecule has 6 heteroatoms. The van der Waals surface area contributed by atoms with Crippen molar-refractivity contribution in [3.05, 3.63) is 23.3 Å². The molecule has 0 aromatic heterocycles. The molecule has 0 unspecified atom stereocenters. The smallest absolute Gasteiger partial charge is 0.168 e. The molecule has 1 rings (SSSR count). The van der Waals surface area contributed by atoms with Crippen LogP contribution < -0.4 is 15.0 Å². The summed E-state index contributed by atoms with van der Waals surface area (Å²) in [7, 11) is 3.99. The average Bonchev–Trinajstić information content (AvgIpc) is 2.26. The molecule has 0 aliphatic carbocycles. The second-order valence-corrected chi connectivity index (χ2v) is 2.91. The monoisotopic (exact) mass is 233 g/mol. The van der Waals surface area contributed by atoms with Gasteiger partial charge in [-0.05, 0) is 0 Å². The van der Waals surface area contributed by atoms with Crippen LogP contribution >= 0.6 is 0 Å². The Bertz CT molecular complexity index is 343. The third-order valence-corrected chi connectivity index (χ3v) is 2.04. The van der Waals surface area contributed by atoms with Gasteiger partial charge in [-0.1, -0.05) is 0 Å². The van der Waals surface area contributed by atoms with Crippen LogP contribution in [-0.4, -0.2) is 21.3 Å². The molecule has 0 spiro atoms. The number of rotatable bonds is 5. The molecule has 90 valence electrons. The van der Waals surface area contributed by atoms with Crippen molar-refractivity contribution >= 4 is 0 Å². The van der Waals surface area contributed by atoms with Crippen molar-refractivity contribution in [2.24, 2.45) is 0 Å². The van der Waals surface area contributed by atoms with Gasteiger partial charge < -0.3 is 14.3 Å². The summed E-state index contributed by atoms with van der Waals surface area (Å²) in [6.07, 6.45) is 0. The van der Waals surface area contributed by atoms with E-state index in [0.29, 0.717) is 6.07 Å². The molecule has 0 heterocycles. The zero-order chi connectivity index (χ0) is 12.1. The molecule has 0 bridgehead atoms. The molecule has 0 saturated heterocycles. The van der Waals surface area contributed by atoms with E-state index < -0.39 is 11.6 Å². The maximum Gasteiger partial charge on any atom is 0.168 e. The molecule has 0 fully saturated rings. The summed E-state index contributed by atoms with van der Waals surface area (Å²) in [5.74, 6) is -1.70. The van der Waals surface area contributed by atoms with Crippen LogP contribution in [0.2, 0.25) is 0 Å². The first-order valence-electron chi connectivity index (χ1n) is 4.50. The predicted octanol–water partition coefficient (Wildman–Crippen LogP) is 1.63. The lowest BCUT2D eigenvalue weighted by Crippen LogP contribution is -2.14. The lowest BCUT2D eigenvalue weighted by molar-refractivity contribution is 0.0852. The fourth-order valence-electron chi connectivity index (χ4n) is 1.38. The number of benzene rings is 1. The highest BCUT2D eigenvalue weighted by atomic mass is 19.1. The maximum atomic E-state index is 13.4. The second-order valence-electron chi connectivity index (χ2n) is 2.91. The van der Waals surface area contributed by atoms with Crippen molar-refractivity contribution in [3.63, 3.8) is 0 Å². The molecule has 0 amide bonds. The largest absolute Gasteiger partial charge is 0.493 e. The van der Waals surface area contributed by atoms with E-state index in [1.165, 1.54) is 21.3 Å². The Morgan fingerprint density at radius 1 is 1.06 bits per heavy atom. The number of ether oxygens (including phenoxy) is 2. The minimum atomic E-state index is -0.784. The van der Waals surface area contributed by atoms with Gasteiger partial charge in [0.05, 0.1) is 33.4 Å². The summed E-state index contributed by atoms with van der Waals surface area (Å²) in [6.45, 7) is 0.0670. The van der Waals surface area contributed by atoms with Crippen molar-refractivity contribution in [1.82, 2.24) is 5.48 Å². The number of hydrogen-bond donors (Lipinski definition) is 1. The normalized spacial score (nSPS) is 10.3. The number of hydrogen-bond acceptors (Lipinski definition) is 4. The summed E-state index contributed by atoms with van der Waals surface area (Å²) >= 11 is 0. The first-order chi connectivity index (χ1) is 7.65. The predicted molar refractivity (Wildman–Crippen MR) is 53.3 cm³/mol. The van der Waals surface area contributed by atoms with E-state index in [-0.39, 0.29) is 23.6 Å². The van der Waals surface area contributed by atoms with Crippen molar-refractivity contribution in [2.45, 2.75) is 6.54 Å². The van der Waals surface area contributed by atoms with Crippen LogP contribution in [0.3, 0.4) is 0 Å². The van der Waals surface area contributed by atoms with Crippen molar-refractivity contribution in [1.29, 1.82) is 0 Å². The molecule has 1 aromatic carbocycles. The van der Waals surface area contributed by atoms with Gasteiger partial charge in [0.25, 0.3) is 0 Å². The van der Waals surface area contributed by atoms with Gasteiger partial charge in [0.15, 0.2) is 23.1 Å². The topological polar surface area (TPSA) is 39.7 Å². The summed E-state index contributed by atoms with van der Waals surface area (Å²) in [5.41, 5.74) is 2.70. The molecule has 4 nitrogen and oxygen atoms in total. The van der Waals surface area contributed by atoms with E-state index in [1.54, 1.807) is 0 Å². The molecule has 16 heavy (non-hydrogen) atoms. The van der Waals surface area contributed by atoms with Gasteiger partial charge >= 0.3 is 0 Å². The van der Waals surface area contributed by atoms with E-state index in [0.717, 1.165) is 0 Å². The molecule has 0 radical (unpaired) electrons. The minimum Gasteiger partial charge on any atom is -0.493 e. The number of halogens is 2. The Kier molecular flexibility index (Phi) is 4.45. The van der Waals surface area contributed by atoms with Gasteiger partial charge in [0.2, 0.25) is 0 Å². The van der Waals surface area contributed by atoms with E-state index in [9.17, 15) is 8.78 Å². The van der Waals surface area contributed by atoms with Crippen molar-refractivity contribution in [3.8, 4) is 11.5 Å². The molecule has 0 aliphatic heterocycles. The lowest BCUT2D eigenvalue weighted by atomic mass is 10.1. The second kappa shape index (κ2) is 5.62. The highest BCUT2D eigenvalue weighted by molar-refractivity contribution is 5.46. The first kappa shape index (κ1) is 12.7. The Morgan fingerprint density at radius 2 is 1.56 bits per heavy atom. The summed E-state index contributed by atoms with van der Waals surface area (Å²) in [6, 6.07) is 0.716. The number of nitrogens with one attached hydrogen (secondary N) is 1. The molecule has 0 atom stereocenters. The van der Waals surface area contributed by atoms with Crippen LogP contribution in [0.15, 0.2) is 6.07 Å². The molecular formula is C10H13F2NO3. The molecule has 0 saturated carbocycles. The SMILES string of the molecule is CONCc1c(OC)c(F)cc(F)c1OC. The lowest BCUT2D eigenvalue weighted by Gasteiger charge is -2.14.